The zero-order chi connectivity index (χ0) is 16.9. The SMILES string of the molecule is C=C(NNC(=O)c1cc(-c2ccc(CC)cc2)n[nH]1)c1ccco1. The summed E-state index contributed by atoms with van der Waals surface area (Å²) in [6.07, 6.45) is 2.52. The second-order valence-corrected chi connectivity index (χ2v) is 5.25. The minimum Gasteiger partial charge on any atom is -0.463 e. The van der Waals surface area contributed by atoms with Crippen LogP contribution in [0.3, 0.4) is 0 Å². The lowest BCUT2D eigenvalue weighted by Gasteiger charge is -2.07. The lowest BCUT2D eigenvalue weighted by Crippen LogP contribution is -2.35. The molecule has 1 aromatic carbocycles. The van der Waals surface area contributed by atoms with Crippen molar-refractivity contribution in [1.29, 1.82) is 0 Å². The van der Waals surface area contributed by atoms with E-state index in [1.54, 1.807) is 18.2 Å². The number of amides is 1. The maximum Gasteiger partial charge on any atom is 0.287 e. The highest BCUT2D eigenvalue weighted by Crippen LogP contribution is 2.18. The Hall–Kier alpha value is -3.28. The fraction of sp³-hybridized carbons (Fsp3) is 0.111. The van der Waals surface area contributed by atoms with Crippen LogP contribution in [0.15, 0.2) is 59.7 Å². The predicted octanol–water partition coefficient (Wildman–Crippen LogP) is 3.14. The van der Waals surface area contributed by atoms with Gasteiger partial charge in [0.2, 0.25) is 0 Å². The summed E-state index contributed by atoms with van der Waals surface area (Å²) in [4.78, 5) is 12.1. The maximum atomic E-state index is 12.1. The van der Waals surface area contributed by atoms with Gasteiger partial charge in [0.25, 0.3) is 5.91 Å². The molecule has 0 aliphatic rings. The van der Waals surface area contributed by atoms with Gasteiger partial charge < -0.3 is 4.42 Å². The number of carbonyl (C=O) groups excluding carboxylic acids is 1. The molecule has 0 radical (unpaired) electrons. The Bertz CT molecular complexity index is 832. The van der Waals surface area contributed by atoms with E-state index in [1.807, 2.05) is 12.1 Å². The molecule has 3 aromatic rings. The van der Waals surface area contributed by atoms with Gasteiger partial charge in [-0.05, 0) is 30.2 Å². The number of aryl methyl sites for hydroxylation is 1. The van der Waals surface area contributed by atoms with Gasteiger partial charge in [-0.3, -0.25) is 20.7 Å². The molecule has 122 valence electrons. The van der Waals surface area contributed by atoms with Crippen LogP contribution >= 0.6 is 0 Å². The molecule has 0 fully saturated rings. The summed E-state index contributed by atoms with van der Waals surface area (Å²) in [6, 6.07) is 13.3. The van der Waals surface area contributed by atoms with Crippen molar-refractivity contribution in [3.05, 3.63) is 72.3 Å². The number of benzene rings is 1. The van der Waals surface area contributed by atoms with Crippen molar-refractivity contribution in [3.63, 3.8) is 0 Å². The van der Waals surface area contributed by atoms with Gasteiger partial charge in [-0.2, -0.15) is 5.10 Å². The van der Waals surface area contributed by atoms with Crippen LogP contribution in [0.4, 0.5) is 0 Å². The van der Waals surface area contributed by atoms with E-state index in [1.165, 1.54) is 11.8 Å². The van der Waals surface area contributed by atoms with E-state index < -0.39 is 0 Å². The number of hydrogen-bond donors (Lipinski definition) is 3. The highest BCUT2D eigenvalue weighted by atomic mass is 16.3. The molecule has 6 heteroatoms. The van der Waals surface area contributed by atoms with Crippen molar-refractivity contribution in [3.8, 4) is 11.3 Å². The molecule has 3 N–H and O–H groups in total. The molecule has 0 saturated heterocycles. The molecular formula is C18H18N4O2. The minimum atomic E-state index is -0.341. The number of rotatable bonds is 6. The molecule has 0 aliphatic heterocycles. The molecule has 0 unspecified atom stereocenters. The van der Waals surface area contributed by atoms with Crippen molar-refractivity contribution in [2.75, 3.05) is 0 Å². The van der Waals surface area contributed by atoms with Gasteiger partial charge in [-0.25, -0.2) is 0 Å². The van der Waals surface area contributed by atoms with Crippen molar-refractivity contribution in [2.45, 2.75) is 13.3 Å². The molecule has 3 rings (SSSR count). The fourth-order valence-corrected chi connectivity index (χ4v) is 2.21. The first kappa shape index (κ1) is 15.6. The molecule has 2 aromatic heterocycles. The maximum absolute atomic E-state index is 12.1. The smallest absolute Gasteiger partial charge is 0.287 e. The Morgan fingerprint density at radius 1 is 1.25 bits per heavy atom. The normalized spacial score (nSPS) is 10.4. The first-order chi connectivity index (χ1) is 11.7. The quantitative estimate of drug-likeness (QED) is 0.609. The van der Waals surface area contributed by atoms with Crippen LogP contribution in [0.5, 0.6) is 0 Å². The number of nitrogens with zero attached hydrogens (tertiary/aromatic N) is 1. The molecule has 0 saturated carbocycles. The van der Waals surface area contributed by atoms with Gasteiger partial charge in [0.15, 0.2) is 5.76 Å². The van der Waals surface area contributed by atoms with Crippen LogP contribution in [-0.4, -0.2) is 16.1 Å². The van der Waals surface area contributed by atoms with E-state index >= 15 is 0 Å². The van der Waals surface area contributed by atoms with Crippen LogP contribution in [-0.2, 0) is 6.42 Å². The highest BCUT2D eigenvalue weighted by molar-refractivity contribution is 5.93. The first-order valence-corrected chi connectivity index (χ1v) is 7.61. The van der Waals surface area contributed by atoms with Crippen LogP contribution in [0, 0.1) is 0 Å². The molecule has 0 aliphatic carbocycles. The van der Waals surface area contributed by atoms with E-state index in [2.05, 4.69) is 46.7 Å². The Labute approximate surface area is 139 Å². The molecule has 0 bridgehead atoms. The summed E-state index contributed by atoms with van der Waals surface area (Å²) in [5.74, 6) is 0.211. The minimum absolute atomic E-state index is 0.341. The average molecular weight is 322 g/mol. The van der Waals surface area contributed by atoms with Crippen molar-refractivity contribution >= 4 is 11.6 Å². The lowest BCUT2D eigenvalue weighted by molar-refractivity contribution is 0.0937. The molecule has 24 heavy (non-hydrogen) atoms. The van der Waals surface area contributed by atoms with Crippen LogP contribution in [0.25, 0.3) is 17.0 Å². The van der Waals surface area contributed by atoms with Crippen LogP contribution in [0.1, 0.15) is 28.7 Å². The van der Waals surface area contributed by atoms with Gasteiger partial charge in [0.05, 0.1) is 17.7 Å². The zero-order valence-electron chi connectivity index (χ0n) is 13.3. The summed E-state index contributed by atoms with van der Waals surface area (Å²) < 4.78 is 5.18. The monoisotopic (exact) mass is 322 g/mol. The lowest BCUT2D eigenvalue weighted by atomic mass is 10.1. The number of aromatic nitrogens is 2. The molecule has 0 spiro atoms. The van der Waals surface area contributed by atoms with Gasteiger partial charge >= 0.3 is 0 Å². The number of hydrogen-bond acceptors (Lipinski definition) is 4. The topological polar surface area (TPSA) is 83.0 Å². The van der Waals surface area contributed by atoms with Crippen LogP contribution in [0.2, 0.25) is 0 Å². The van der Waals surface area contributed by atoms with E-state index in [-0.39, 0.29) is 5.91 Å². The first-order valence-electron chi connectivity index (χ1n) is 7.61. The molecular weight excluding hydrogens is 304 g/mol. The van der Waals surface area contributed by atoms with E-state index in [0.717, 1.165) is 12.0 Å². The third kappa shape index (κ3) is 3.38. The second-order valence-electron chi connectivity index (χ2n) is 5.25. The number of aromatic amines is 1. The molecule has 1 amide bonds. The Kier molecular flexibility index (Phi) is 4.47. The third-order valence-corrected chi connectivity index (χ3v) is 3.63. The number of nitrogens with one attached hydrogen (secondary N) is 3. The summed E-state index contributed by atoms with van der Waals surface area (Å²) in [5.41, 5.74) is 9.00. The predicted molar refractivity (Wildman–Crippen MR) is 91.7 cm³/mol. The van der Waals surface area contributed by atoms with Crippen molar-refractivity contribution < 1.29 is 9.21 Å². The number of furan rings is 1. The Balaban J connectivity index is 1.64. The van der Waals surface area contributed by atoms with Crippen molar-refractivity contribution in [1.82, 2.24) is 21.0 Å². The second kappa shape index (κ2) is 6.87. The molecule has 0 atom stereocenters. The number of hydrazine groups is 1. The Morgan fingerprint density at radius 2 is 2.04 bits per heavy atom. The van der Waals surface area contributed by atoms with Crippen molar-refractivity contribution in [2.24, 2.45) is 0 Å². The number of H-pyrrole nitrogens is 1. The molecule has 6 nitrogen and oxygen atoms in total. The average Bonchev–Trinajstić information content (AvgIpc) is 3.31. The summed E-state index contributed by atoms with van der Waals surface area (Å²) >= 11 is 0. The highest BCUT2D eigenvalue weighted by Gasteiger charge is 2.11. The zero-order valence-corrected chi connectivity index (χ0v) is 13.3. The van der Waals surface area contributed by atoms with Gasteiger partial charge in [0.1, 0.15) is 5.69 Å². The fourth-order valence-electron chi connectivity index (χ4n) is 2.21. The van der Waals surface area contributed by atoms with Gasteiger partial charge in [-0.1, -0.05) is 37.8 Å². The van der Waals surface area contributed by atoms with E-state index in [4.69, 9.17) is 4.42 Å². The van der Waals surface area contributed by atoms with Gasteiger partial charge in [-0.15, -0.1) is 0 Å². The largest absolute Gasteiger partial charge is 0.463 e. The summed E-state index contributed by atoms with van der Waals surface area (Å²) in [7, 11) is 0. The Morgan fingerprint density at radius 3 is 2.71 bits per heavy atom. The summed E-state index contributed by atoms with van der Waals surface area (Å²) in [5, 5.41) is 6.92. The molecule has 2 heterocycles. The third-order valence-electron chi connectivity index (χ3n) is 3.63. The summed E-state index contributed by atoms with van der Waals surface area (Å²) in [6.45, 7) is 5.89. The van der Waals surface area contributed by atoms with E-state index in [0.29, 0.717) is 22.8 Å². The standard InChI is InChI=1S/C18H18N4O2/c1-3-13-6-8-14(9-7-13)15-11-16(21-20-15)18(23)22-19-12(2)17-5-4-10-24-17/h4-11,19H,2-3H2,1H3,(H,20,21)(H,22,23). The number of carbonyl (C=O) groups is 1. The van der Waals surface area contributed by atoms with Crippen LogP contribution < -0.4 is 10.9 Å². The van der Waals surface area contributed by atoms with E-state index in [9.17, 15) is 4.79 Å². The van der Waals surface area contributed by atoms with Gasteiger partial charge in [0, 0.05) is 5.56 Å².